The van der Waals surface area contributed by atoms with E-state index in [0.717, 1.165) is 34.2 Å². The smallest absolute Gasteiger partial charge is 0.152 e. The number of ether oxygens (including phenoxy) is 1. The topological polar surface area (TPSA) is 31.2 Å². The van der Waals surface area contributed by atoms with Gasteiger partial charge in [0.25, 0.3) is 0 Å². The largest absolute Gasteiger partial charge is 0.497 e. The van der Waals surface area contributed by atoms with E-state index in [0.29, 0.717) is 0 Å². The van der Waals surface area contributed by atoms with Crippen molar-refractivity contribution in [1.29, 1.82) is 0 Å². The average molecular weight is 203 g/mol. The Morgan fingerprint density at radius 2 is 2.13 bits per heavy atom. The first-order valence-corrected chi connectivity index (χ1v) is 4.77. The molecule has 3 heteroatoms. The van der Waals surface area contributed by atoms with Crippen molar-refractivity contribution in [3.8, 4) is 5.75 Å². The minimum absolute atomic E-state index is 0.742. The molecule has 0 spiro atoms. The van der Waals surface area contributed by atoms with Crippen LogP contribution in [0.5, 0.6) is 5.75 Å². The lowest BCUT2D eigenvalue weighted by Gasteiger charge is -2.00. The van der Waals surface area contributed by atoms with Crippen LogP contribution in [0.25, 0.3) is 10.9 Å². The van der Waals surface area contributed by atoms with Crippen LogP contribution in [-0.4, -0.2) is 18.0 Å². The van der Waals surface area contributed by atoms with Crippen molar-refractivity contribution in [2.75, 3.05) is 7.11 Å². The van der Waals surface area contributed by atoms with E-state index in [1.54, 1.807) is 7.11 Å². The maximum Gasteiger partial charge on any atom is 0.152 e. The molecule has 0 amide bonds. The number of aryl methyl sites for hydroxylation is 1. The van der Waals surface area contributed by atoms with Crippen LogP contribution in [0.3, 0.4) is 0 Å². The first-order valence-electron chi connectivity index (χ1n) is 4.77. The molecule has 0 radical (unpaired) electrons. The summed E-state index contributed by atoms with van der Waals surface area (Å²) < 4.78 is 7.16. The van der Waals surface area contributed by atoms with E-state index in [1.807, 2.05) is 36.7 Å². The summed E-state index contributed by atoms with van der Waals surface area (Å²) in [5, 5.41) is 0.948. The van der Waals surface area contributed by atoms with Gasteiger partial charge in [-0.25, -0.2) is 0 Å². The highest BCUT2D eigenvalue weighted by Gasteiger charge is 2.11. The van der Waals surface area contributed by atoms with Gasteiger partial charge in [0.2, 0.25) is 0 Å². The van der Waals surface area contributed by atoms with Gasteiger partial charge in [0, 0.05) is 29.2 Å². The summed E-state index contributed by atoms with van der Waals surface area (Å²) in [5.41, 5.74) is 2.77. The van der Waals surface area contributed by atoms with Gasteiger partial charge in [-0.1, -0.05) is 0 Å². The van der Waals surface area contributed by atoms with E-state index in [2.05, 4.69) is 0 Å². The second-order valence-corrected chi connectivity index (χ2v) is 3.56. The van der Waals surface area contributed by atoms with E-state index in [-0.39, 0.29) is 0 Å². The molecule has 1 aromatic carbocycles. The van der Waals surface area contributed by atoms with Gasteiger partial charge in [0.05, 0.1) is 7.11 Å². The summed E-state index contributed by atoms with van der Waals surface area (Å²) in [4.78, 5) is 11.0. The summed E-state index contributed by atoms with van der Waals surface area (Å²) >= 11 is 0. The Morgan fingerprint density at radius 3 is 2.73 bits per heavy atom. The number of benzene rings is 1. The lowest BCUT2D eigenvalue weighted by atomic mass is 10.1. The van der Waals surface area contributed by atoms with Gasteiger partial charge in [-0.2, -0.15) is 0 Å². The number of carbonyl (C=O) groups is 1. The highest BCUT2D eigenvalue weighted by Crippen LogP contribution is 2.27. The first-order chi connectivity index (χ1) is 7.19. The van der Waals surface area contributed by atoms with Crippen molar-refractivity contribution >= 4 is 17.2 Å². The molecule has 0 N–H and O–H groups in total. The summed E-state index contributed by atoms with van der Waals surface area (Å²) in [5.74, 6) is 0.774. The summed E-state index contributed by atoms with van der Waals surface area (Å²) in [6, 6.07) is 5.76. The molecule has 0 fully saturated rings. The number of carbonyl (C=O) groups excluding carboxylic acids is 1. The fourth-order valence-corrected chi connectivity index (χ4v) is 1.86. The minimum atomic E-state index is 0.742. The fraction of sp³-hybridized carbons (Fsp3) is 0.250. The molecule has 0 atom stereocenters. The van der Waals surface area contributed by atoms with Crippen LogP contribution >= 0.6 is 0 Å². The first kappa shape index (κ1) is 9.77. The van der Waals surface area contributed by atoms with Gasteiger partial charge in [0.1, 0.15) is 5.75 Å². The molecule has 1 heterocycles. The van der Waals surface area contributed by atoms with Crippen LogP contribution in [0.1, 0.15) is 16.1 Å². The van der Waals surface area contributed by atoms with Crippen LogP contribution in [0.15, 0.2) is 18.2 Å². The molecular formula is C12H13NO2. The third kappa shape index (κ3) is 1.31. The van der Waals surface area contributed by atoms with Gasteiger partial charge < -0.3 is 9.30 Å². The van der Waals surface area contributed by atoms with Gasteiger partial charge in [-0.3, -0.25) is 4.79 Å². The predicted octanol–water partition coefficient (Wildman–Crippen LogP) is 2.31. The van der Waals surface area contributed by atoms with Crippen LogP contribution in [0.2, 0.25) is 0 Å². The zero-order valence-corrected chi connectivity index (χ0v) is 9.07. The molecule has 0 aliphatic heterocycles. The molecule has 0 saturated carbocycles. The number of nitrogens with zero attached hydrogens (tertiary/aromatic N) is 1. The van der Waals surface area contributed by atoms with Gasteiger partial charge in [-0.05, 0) is 25.1 Å². The van der Waals surface area contributed by atoms with E-state index in [9.17, 15) is 4.79 Å². The molecule has 78 valence electrons. The zero-order chi connectivity index (χ0) is 11.0. The second-order valence-electron chi connectivity index (χ2n) is 3.56. The molecule has 0 saturated heterocycles. The maximum atomic E-state index is 11.0. The highest BCUT2D eigenvalue weighted by molar-refractivity contribution is 5.99. The highest BCUT2D eigenvalue weighted by atomic mass is 16.5. The standard InChI is InChI=1S/C12H13NO2/c1-8-11(7-14)10-6-9(15-3)4-5-12(10)13(8)2/h4-7H,1-3H3. The van der Waals surface area contributed by atoms with Crippen molar-refractivity contribution in [2.24, 2.45) is 7.05 Å². The molecule has 0 bridgehead atoms. The third-order valence-corrected chi connectivity index (χ3v) is 2.87. The Labute approximate surface area is 88.3 Å². The Kier molecular flexibility index (Phi) is 2.23. The predicted molar refractivity (Wildman–Crippen MR) is 59.6 cm³/mol. The van der Waals surface area contributed by atoms with Crippen molar-refractivity contribution < 1.29 is 9.53 Å². The van der Waals surface area contributed by atoms with E-state index < -0.39 is 0 Å². The average Bonchev–Trinajstić information content (AvgIpc) is 2.51. The molecule has 1 aromatic heterocycles. The van der Waals surface area contributed by atoms with Gasteiger partial charge in [-0.15, -0.1) is 0 Å². The van der Waals surface area contributed by atoms with E-state index in [1.165, 1.54) is 0 Å². The lowest BCUT2D eigenvalue weighted by Crippen LogP contribution is -1.91. The van der Waals surface area contributed by atoms with Crippen LogP contribution in [-0.2, 0) is 7.05 Å². The molecule has 0 aliphatic carbocycles. The van der Waals surface area contributed by atoms with Crippen molar-refractivity contribution in [3.05, 3.63) is 29.5 Å². The summed E-state index contributed by atoms with van der Waals surface area (Å²) in [6.45, 7) is 1.94. The number of methoxy groups -OCH3 is 1. The Bertz CT molecular complexity index is 526. The fourth-order valence-electron chi connectivity index (χ4n) is 1.86. The minimum Gasteiger partial charge on any atom is -0.497 e. The van der Waals surface area contributed by atoms with Gasteiger partial charge in [0.15, 0.2) is 6.29 Å². The molecule has 15 heavy (non-hydrogen) atoms. The molecule has 2 rings (SSSR count). The third-order valence-electron chi connectivity index (χ3n) is 2.87. The SMILES string of the molecule is COc1ccc2c(c1)c(C=O)c(C)n2C. The zero-order valence-electron chi connectivity index (χ0n) is 9.07. The number of aldehydes is 1. The quantitative estimate of drug-likeness (QED) is 0.701. The van der Waals surface area contributed by atoms with Crippen molar-refractivity contribution in [1.82, 2.24) is 4.57 Å². The maximum absolute atomic E-state index is 11.0. The normalized spacial score (nSPS) is 10.6. The van der Waals surface area contributed by atoms with Gasteiger partial charge >= 0.3 is 0 Å². The number of hydrogen-bond donors (Lipinski definition) is 0. The number of aromatic nitrogens is 1. The Balaban J connectivity index is 2.85. The molecule has 0 aliphatic rings. The number of rotatable bonds is 2. The Morgan fingerprint density at radius 1 is 1.40 bits per heavy atom. The monoisotopic (exact) mass is 203 g/mol. The lowest BCUT2D eigenvalue weighted by molar-refractivity contribution is 0.112. The van der Waals surface area contributed by atoms with E-state index >= 15 is 0 Å². The van der Waals surface area contributed by atoms with Crippen molar-refractivity contribution in [2.45, 2.75) is 6.92 Å². The van der Waals surface area contributed by atoms with Crippen LogP contribution in [0, 0.1) is 6.92 Å². The molecule has 3 nitrogen and oxygen atoms in total. The summed E-state index contributed by atoms with van der Waals surface area (Å²) in [7, 11) is 3.58. The summed E-state index contributed by atoms with van der Waals surface area (Å²) in [6.07, 6.45) is 0.900. The Hall–Kier alpha value is -1.77. The van der Waals surface area contributed by atoms with Crippen LogP contribution in [0.4, 0.5) is 0 Å². The molecule has 0 unspecified atom stereocenters. The van der Waals surface area contributed by atoms with E-state index in [4.69, 9.17) is 4.74 Å². The second kappa shape index (κ2) is 3.42. The number of hydrogen-bond acceptors (Lipinski definition) is 2. The molecular weight excluding hydrogens is 190 g/mol. The van der Waals surface area contributed by atoms with Crippen molar-refractivity contribution in [3.63, 3.8) is 0 Å². The molecule has 2 aromatic rings. The van der Waals surface area contributed by atoms with Crippen LogP contribution < -0.4 is 4.74 Å². The number of fused-ring (bicyclic) bond motifs is 1.